The first-order chi connectivity index (χ1) is 8.72. The third kappa shape index (κ3) is 1.51. The summed E-state index contributed by atoms with van der Waals surface area (Å²) < 4.78 is 14.0. The zero-order chi connectivity index (χ0) is 12.7. The van der Waals surface area contributed by atoms with Gasteiger partial charge in [-0.15, -0.1) is 0 Å². The molecule has 0 aromatic heterocycles. The Morgan fingerprint density at radius 2 is 2.00 bits per heavy atom. The molecule has 2 aromatic carbocycles. The van der Waals surface area contributed by atoms with Crippen molar-refractivity contribution in [1.29, 1.82) is 0 Å². The van der Waals surface area contributed by atoms with Crippen LogP contribution < -0.4 is 5.73 Å². The molecule has 2 aromatic rings. The topological polar surface area (TPSA) is 46.2 Å². The Bertz CT molecular complexity index is 609. The molecule has 0 spiro atoms. The van der Waals surface area contributed by atoms with E-state index in [1.54, 1.807) is 24.3 Å². The minimum atomic E-state index is -0.209. The Morgan fingerprint density at radius 3 is 2.78 bits per heavy atom. The van der Waals surface area contributed by atoms with Crippen LogP contribution in [0.25, 0.3) is 11.1 Å². The van der Waals surface area contributed by atoms with Gasteiger partial charge in [-0.2, -0.15) is 0 Å². The molecule has 1 unspecified atom stereocenters. The van der Waals surface area contributed by atoms with Crippen molar-refractivity contribution in [2.45, 2.75) is 12.3 Å². The molecule has 3 heteroatoms. The molecule has 0 radical (unpaired) electrons. The van der Waals surface area contributed by atoms with Gasteiger partial charge in [-0.25, -0.2) is 4.39 Å². The van der Waals surface area contributed by atoms with Crippen molar-refractivity contribution < 1.29 is 9.50 Å². The van der Waals surface area contributed by atoms with Crippen LogP contribution >= 0.6 is 0 Å². The molecule has 0 aliphatic heterocycles. The van der Waals surface area contributed by atoms with Crippen LogP contribution in [0.3, 0.4) is 0 Å². The fourth-order valence-corrected chi connectivity index (χ4v) is 2.83. The number of fused-ring (bicyclic) bond motifs is 3. The van der Waals surface area contributed by atoms with Gasteiger partial charge in [-0.1, -0.05) is 18.2 Å². The molecule has 3 rings (SSSR count). The van der Waals surface area contributed by atoms with Gasteiger partial charge < -0.3 is 10.8 Å². The smallest absolute Gasteiger partial charge is 0.131 e. The fourth-order valence-electron chi connectivity index (χ4n) is 2.83. The van der Waals surface area contributed by atoms with Gasteiger partial charge in [-0.3, -0.25) is 0 Å². The van der Waals surface area contributed by atoms with Gasteiger partial charge in [0.15, 0.2) is 0 Å². The predicted molar refractivity (Wildman–Crippen MR) is 69.0 cm³/mol. The van der Waals surface area contributed by atoms with Crippen LogP contribution in [0.5, 0.6) is 5.75 Å². The van der Waals surface area contributed by atoms with Gasteiger partial charge in [-0.05, 0) is 47.9 Å². The molecular weight excluding hydrogens is 229 g/mol. The Morgan fingerprint density at radius 1 is 1.17 bits per heavy atom. The van der Waals surface area contributed by atoms with Crippen LogP contribution in [0.15, 0.2) is 36.4 Å². The maximum absolute atomic E-state index is 14.0. The standard InChI is InChI=1S/C15H14FNO/c16-14-3-1-2-11-10(6-7-17)13-8-9(18)4-5-12(13)15(11)14/h1-5,8,10,18H,6-7,17H2. The van der Waals surface area contributed by atoms with Crippen LogP contribution in [0.4, 0.5) is 4.39 Å². The summed E-state index contributed by atoms with van der Waals surface area (Å²) in [5.41, 5.74) is 9.12. The number of halogens is 1. The lowest BCUT2D eigenvalue weighted by atomic mass is 9.93. The number of phenols is 1. The van der Waals surface area contributed by atoms with E-state index in [4.69, 9.17) is 5.73 Å². The molecule has 1 aliphatic carbocycles. The van der Waals surface area contributed by atoms with E-state index in [9.17, 15) is 9.50 Å². The third-order valence-corrected chi connectivity index (χ3v) is 3.56. The largest absolute Gasteiger partial charge is 0.508 e. The quantitative estimate of drug-likeness (QED) is 0.851. The molecule has 1 atom stereocenters. The average molecular weight is 243 g/mol. The first kappa shape index (κ1) is 11.2. The van der Waals surface area contributed by atoms with Gasteiger partial charge in [0.2, 0.25) is 0 Å². The average Bonchev–Trinajstić information content (AvgIpc) is 2.66. The van der Waals surface area contributed by atoms with Gasteiger partial charge >= 0.3 is 0 Å². The van der Waals surface area contributed by atoms with Crippen molar-refractivity contribution in [3.8, 4) is 16.9 Å². The molecule has 92 valence electrons. The predicted octanol–water partition coefficient (Wildman–Crippen LogP) is 2.99. The summed E-state index contributed by atoms with van der Waals surface area (Å²) in [6.07, 6.45) is 0.757. The van der Waals surface area contributed by atoms with E-state index >= 15 is 0 Å². The van der Waals surface area contributed by atoms with Gasteiger partial charge in [0.05, 0.1) is 0 Å². The van der Waals surface area contributed by atoms with E-state index in [1.165, 1.54) is 6.07 Å². The van der Waals surface area contributed by atoms with Crippen LogP contribution in [0.1, 0.15) is 23.5 Å². The fraction of sp³-hybridized carbons (Fsp3) is 0.200. The van der Waals surface area contributed by atoms with E-state index in [1.807, 2.05) is 6.07 Å². The molecule has 2 nitrogen and oxygen atoms in total. The second kappa shape index (κ2) is 4.10. The number of nitrogens with two attached hydrogens (primary N) is 1. The Labute approximate surface area is 105 Å². The summed E-state index contributed by atoms with van der Waals surface area (Å²) in [6, 6.07) is 10.2. The maximum Gasteiger partial charge on any atom is 0.131 e. The highest BCUT2D eigenvalue weighted by atomic mass is 19.1. The van der Waals surface area contributed by atoms with E-state index in [2.05, 4.69) is 0 Å². The van der Waals surface area contributed by atoms with E-state index in [0.29, 0.717) is 12.1 Å². The molecule has 0 amide bonds. The second-order valence-corrected chi connectivity index (χ2v) is 4.61. The summed E-state index contributed by atoms with van der Waals surface area (Å²) in [7, 11) is 0. The Balaban J connectivity index is 2.27. The molecule has 0 saturated carbocycles. The summed E-state index contributed by atoms with van der Waals surface area (Å²) >= 11 is 0. The van der Waals surface area contributed by atoms with E-state index in [0.717, 1.165) is 23.1 Å². The normalized spacial score (nSPS) is 16.4. The molecule has 0 fully saturated rings. The summed E-state index contributed by atoms with van der Waals surface area (Å²) in [5.74, 6) is 0.0887. The van der Waals surface area contributed by atoms with Crippen molar-refractivity contribution >= 4 is 0 Å². The molecule has 3 N–H and O–H groups in total. The number of hydrogen-bond donors (Lipinski definition) is 2. The molecule has 0 saturated heterocycles. The summed E-state index contributed by atoms with van der Waals surface area (Å²) in [6.45, 7) is 0.537. The highest BCUT2D eigenvalue weighted by Crippen LogP contribution is 2.48. The third-order valence-electron chi connectivity index (χ3n) is 3.56. The molecule has 18 heavy (non-hydrogen) atoms. The van der Waals surface area contributed by atoms with Crippen molar-refractivity contribution in [2.75, 3.05) is 6.54 Å². The number of benzene rings is 2. The Kier molecular flexibility index (Phi) is 2.56. The minimum absolute atomic E-state index is 0.0859. The minimum Gasteiger partial charge on any atom is -0.508 e. The van der Waals surface area contributed by atoms with E-state index in [-0.39, 0.29) is 17.5 Å². The van der Waals surface area contributed by atoms with Crippen molar-refractivity contribution in [3.63, 3.8) is 0 Å². The van der Waals surface area contributed by atoms with Crippen LogP contribution in [-0.2, 0) is 0 Å². The van der Waals surface area contributed by atoms with Crippen molar-refractivity contribution in [3.05, 3.63) is 53.3 Å². The maximum atomic E-state index is 14.0. The lowest BCUT2D eigenvalue weighted by Gasteiger charge is -2.12. The van der Waals surface area contributed by atoms with Crippen molar-refractivity contribution in [2.24, 2.45) is 5.73 Å². The summed E-state index contributed by atoms with van der Waals surface area (Å²) in [5, 5.41) is 9.61. The van der Waals surface area contributed by atoms with E-state index < -0.39 is 0 Å². The van der Waals surface area contributed by atoms with Crippen LogP contribution in [-0.4, -0.2) is 11.7 Å². The number of aromatic hydroxyl groups is 1. The SMILES string of the molecule is NCCC1c2cc(O)ccc2-c2c(F)cccc21. The highest BCUT2D eigenvalue weighted by molar-refractivity contribution is 5.79. The second-order valence-electron chi connectivity index (χ2n) is 4.61. The molecular formula is C15H14FNO. The lowest BCUT2D eigenvalue weighted by molar-refractivity contribution is 0.474. The number of rotatable bonds is 2. The molecule has 1 aliphatic rings. The zero-order valence-electron chi connectivity index (χ0n) is 9.86. The Hall–Kier alpha value is -1.87. The van der Waals surface area contributed by atoms with Gasteiger partial charge in [0.25, 0.3) is 0 Å². The zero-order valence-corrected chi connectivity index (χ0v) is 9.86. The summed E-state index contributed by atoms with van der Waals surface area (Å²) in [4.78, 5) is 0. The first-order valence-corrected chi connectivity index (χ1v) is 6.04. The van der Waals surface area contributed by atoms with Crippen molar-refractivity contribution in [1.82, 2.24) is 0 Å². The number of hydrogen-bond acceptors (Lipinski definition) is 2. The monoisotopic (exact) mass is 243 g/mol. The van der Waals surface area contributed by atoms with Crippen LogP contribution in [0, 0.1) is 5.82 Å². The highest BCUT2D eigenvalue weighted by Gasteiger charge is 2.30. The molecule has 0 heterocycles. The van der Waals surface area contributed by atoms with Crippen LogP contribution in [0.2, 0.25) is 0 Å². The number of phenolic OH excluding ortho intramolecular Hbond substituents is 1. The molecule has 0 bridgehead atoms. The lowest BCUT2D eigenvalue weighted by Crippen LogP contribution is -2.06. The van der Waals surface area contributed by atoms with Gasteiger partial charge in [0.1, 0.15) is 11.6 Å². The first-order valence-electron chi connectivity index (χ1n) is 6.04. The van der Waals surface area contributed by atoms with Gasteiger partial charge in [0, 0.05) is 11.5 Å².